The maximum Gasteiger partial charge on any atom is 0.273 e. The van der Waals surface area contributed by atoms with Gasteiger partial charge in [-0.1, -0.05) is 0 Å². The number of pyridine rings is 1. The van der Waals surface area contributed by atoms with Gasteiger partial charge in [0.05, 0.1) is 21.7 Å². The number of sulfone groups is 1. The first-order valence-electron chi connectivity index (χ1n) is 9.40. The summed E-state index contributed by atoms with van der Waals surface area (Å²) in [5.41, 5.74) is 5.91. The number of benzene rings is 2. The first-order valence-corrected chi connectivity index (χ1v) is 10.9. The van der Waals surface area contributed by atoms with Crippen molar-refractivity contribution in [2.45, 2.75) is 10.9 Å². The highest BCUT2D eigenvalue weighted by molar-refractivity contribution is 8.06. The molecule has 1 aliphatic rings. The Morgan fingerprint density at radius 1 is 1.09 bits per heavy atom. The summed E-state index contributed by atoms with van der Waals surface area (Å²) < 4.78 is 44.3. The molecule has 10 nitrogen and oxygen atoms in total. The molecule has 3 aromatic rings. The highest BCUT2D eigenvalue weighted by atomic mass is 32.2. The van der Waals surface area contributed by atoms with Gasteiger partial charge in [0.1, 0.15) is 17.6 Å². The topological polar surface area (TPSA) is 141 Å². The largest absolute Gasteiger partial charge is 0.455 e. The van der Waals surface area contributed by atoms with E-state index >= 15 is 0 Å². The van der Waals surface area contributed by atoms with Gasteiger partial charge in [0, 0.05) is 23.9 Å². The molecule has 0 radical (unpaired) electrons. The Balaban J connectivity index is 1.58. The zero-order valence-electron chi connectivity index (χ0n) is 16.6. The van der Waals surface area contributed by atoms with Gasteiger partial charge in [-0.3, -0.25) is 19.9 Å². The van der Waals surface area contributed by atoms with E-state index in [-0.39, 0.29) is 16.3 Å². The molecule has 168 valence electrons. The summed E-state index contributed by atoms with van der Waals surface area (Å²) in [5.74, 6) is 0.218. The van der Waals surface area contributed by atoms with E-state index in [4.69, 9.17) is 4.74 Å². The fraction of sp³-hybridized carbons (Fsp3) is 0.0476. The minimum absolute atomic E-state index is 0.288. The van der Waals surface area contributed by atoms with Crippen LogP contribution < -0.4 is 15.6 Å². The third-order valence-corrected chi connectivity index (χ3v) is 6.36. The van der Waals surface area contributed by atoms with Gasteiger partial charge in [-0.2, -0.15) is 0 Å². The first-order chi connectivity index (χ1) is 15.8. The molecule has 2 heterocycles. The van der Waals surface area contributed by atoms with Crippen LogP contribution in [0.3, 0.4) is 0 Å². The highest BCUT2D eigenvalue weighted by Crippen LogP contribution is 2.30. The molecular formula is C21H15FN4O6S. The number of nitro benzene ring substituents is 1. The van der Waals surface area contributed by atoms with Crippen LogP contribution in [0.25, 0.3) is 5.70 Å². The molecule has 33 heavy (non-hydrogen) atoms. The molecule has 0 spiro atoms. The minimum Gasteiger partial charge on any atom is -0.455 e. The van der Waals surface area contributed by atoms with Crippen LogP contribution in [0.2, 0.25) is 0 Å². The zero-order chi connectivity index (χ0) is 23.6. The Bertz CT molecular complexity index is 1360. The van der Waals surface area contributed by atoms with Crippen molar-refractivity contribution in [3.63, 3.8) is 0 Å². The number of hydrogen-bond donors (Lipinski definition) is 2. The number of carbonyl (C=O) groups excluding carboxylic acids is 1. The molecule has 2 N–H and O–H groups in total. The Hall–Kier alpha value is -4.16. The summed E-state index contributed by atoms with van der Waals surface area (Å²) in [6.45, 7) is 0. The second-order valence-electron chi connectivity index (χ2n) is 6.83. The van der Waals surface area contributed by atoms with Crippen LogP contribution in [0.1, 0.15) is 5.56 Å². The van der Waals surface area contributed by atoms with Crippen LogP contribution in [0.4, 0.5) is 10.1 Å². The van der Waals surface area contributed by atoms with E-state index in [1.54, 1.807) is 6.07 Å². The van der Waals surface area contributed by atoms with Gasteiger partial charge in [0.15, 0.2) is 5.75 Å². The molecule has 0 saturated carbocycles. The molecular weight excluding hydrogens is 455 g/mol. The lowest BCUT2D eigenvalue weighted by Crippen LogP contribution is -2.40. The average molecular weight is 470 g/mol. The number of ether oxygens (including phenoxy) is 1. The molecule has 1 aromatic heterocycles. The molecule has 1 unspecified atom stereocenters. The number of non-ortho nitro benzene ring substituents is 1. The van der Waals surface area contributed by atoms with Crippen LogP contribution in [0.5, 0.6) is 11.5 Å². The average Bonchev–Trinajstić information content (AvgIpc) is 3.30. The smallest absolute Gasteiger partial charge is 0.273 e. The number of rotatable bonds is 6. The number of halogens is 1. The predicted molar refractivity (Wildman–Crippen MR) is 114 cm³/mol. The van der Waals surface area contributed by atoms with Crippen molar-refractivity contribution < 1.29 is 27.3 Å². The maximum absolute atomic E-state index is 13.1. The lowest BCUT2D eigenvalue weighted by Gasteiger charge is -2.12. The van der Waals surface area contributed by atoms with E-state index in [0.717, 1.165) is 24.3 Å². The molecule has 4 rings (SSSR count). The van der Waals surface area contributed by atoms with Gasteiger partial charge in [0.2, 0.25) is 9.84 Å². The van der Waals surface area contributed by atoms with E-state index in [2.05, 4.69) is 15.8 Å². The normalized spacial score (nSPS) is 15.4. The van der Waals surface area contributed by atoms with Crippen molar-refractivity contribution >= 4 is 26.3 Å². The Morgan fingerprint density at radius 2 is 1.79 bits per heavy atom. The summed E-state index contributed by atoms with van der Waals surface area (Å²) >= 11 is 0. The van der Waals surface area contributed by atoms with Crippen molar-refractivity contribution in [1.29, 1.82) is 0 Å². The van der Waals surface area contributed by atoms with Gasteiger partial charge in [0.25, 0.3) is 10.8 Å². The molecule has 12 heteroatoms. The summed E-state index contributed by atoms with van der Waals surface area (Å²) in [4.78, 5) is 26.5. The van der Waals surface area contributed by atoms with Crippen LogP contribution in [-0.4, -0.2) is 29.5 Å². The standard InChI is InChI=1S/C21H15FN4O6S/c22-13-1-5-15(6-2-13)32-20-12-23-10-9-17(20)18-11-19(25-24-18)21(27)33(30,31)16-7-3-14(4-8-16)26(28)29/h1-12,19,24-25H. The van der Waals surface area contributed by atoms with Gasteiger partial charge < -0.3 is 10.2 Å². The molecule has 1 atom stereocenters. The molecule has 0 aliphatic carbocycles. The maximum atomic E-state index is 13.1. The number of hydrogen-bond acceptors (Lipinski definition) is 9. The van der Waals surface area contributed by atoms with Crippen molar-refractivity contribution in [1.82, 2.24) is 15.8 Å². The Labute approximate surface area is 186 Å². The second-order valence-corrected chi connectivity index (χ2v) is 8.71. The summed E-state index contributed by atoms with van der Waals surface area (Å²) in [7, 11) is -4.42. The monoisotopic (exact) mass is 470 g/mol. The fourth-order valence-corrected chi connectivity index (χ4v) is 4.22. The summed E-state index contributed by atoms with van der Waals surface area (Å²) in [5, 5.41) is 9.62. The number of nitrogens with zero attached hydrogens (tertiary/aromatic N) is 2. The molecule has 0 amide bonds. The van der Waals surface area contributed by atoms with Crippen molar-refractivity contribution in [3.8, 4) is 11.5 Å². The van der Waals surface area contributed by atoms with Gasteiger partial charge >= 0.3 is 0 Å². The van der Waals surface area contributed by atoms with E-state index in [1.165, 1.54) is 42.7 Å². The molecule has 0 fully saturated rings. The third-order valence-electron chi connectivity index (χ3n) is 4.69. The molecule has 1 aliphatic heterocycles. The van der Waals surface area contributed by atoms with Crippen molar-refractivity contribution in [3.05, 3.63) is 94.6 Å². The summed E-state index contributed by atoms with van der Waals surface area (Å²) in [6, 6.07) is 9.74. The summed E-state index contributed by atoms with van der Waals surface area (Å²) in [6.07, 6.45) is 4.28. The lowest BCUT2D eigenvalue weighted by molar-refractivity contribution is -0.384. The van der Waals surface area contributed by atoms with E-state index < -0.39 is 31.7 Å². The van der Waals surface area contributed by atoms with Crippen molar-refractivity contribution in [2.75, 3.05) is 0 Å². The van der Waals surface area contributed by atoms with Crippen molar-refractivity contribution in [2.24, 2.45) is 0 Å². The Kier molecular flexibility index (Phi) is 5.85. The number of nitro groups is 1. The highest BCUT2D eigenvalue weighted by Gasteiger charge is 2.34. The number of carbonyl (C=O) groups is 1. The van der Waals surface area contributed by atoms with Gasteiger partial charge in [-0.15, -0.1) is 0 Å². The molecule has 0 saturated heterocycles. The third kappa shape index (κ3) is 4.56. The fourth-order valence-electron chi connectivity index (χ4n) is 3.03. The zero-order valence-corrected chi connectivity index (χ0v) is 17.5. The van der Waals surface area contributed by atoms with Gasteiger partial charge in [-0.25, -0.2) is 18.2 Å². The van der Waals surface area contributed by atoms with Crippen LogP contribution in [0, 0.1) is 15.9 Å². The number of hydrazine groups is 1. The predicted octanol–water partition coefficient (Wildman–Crippen LogP) is 2.74. The van der Waals surface area contributed by atoms with Gasteiger partial charge in [-0.05, 0) is 48.5 Å². The molecule has 0 bridgehead atoms. The van der Waals surface area contributed by atoms with Crippen LogP contribution in [-0.2, 0) is 14.6 Å². The second kappa shape index (κ2) is 8.76. The lowest BCUT2D eigenvalue weighted by atomic mass is 10.1. The van der Waals surface area contributed by atoms with Crippen LogP contribution >= 0.6 is 0 Å². The SMILES string of the molecule is O=C(C1C=C(c2ccncc2Oc2ccc(F)cc2)NN1)S(=O)(=O)c1ccc([N+](=O)[O-])cc1. The van der Waals surface area contributed by atoms with E-state index in [9.17, 15) is 27.7 Å². The Morgan fingerprint density at radius 3 is 2.45 bits per heavy atom. The number of nitrogens with one attached hydrogen (secondary N) is 2. The molecule has 2 aromatic carbocycles. The quantitative estimate of drug-likeness (QED) is 0.411. The van der Waals surface area contributed by atoms with E-state index in [1.807, 2.05) is 0 Å². The van der Waals surface area contributed by atoms with E-state index in [0.29, 0.717) is 17.0 Å². The minimum atomic E-state index is -4.42. The number of aromatic nitrogens is 1. The first kappa shape index (κ1) is 22.0. The van der Waals surface area contributed by atoms with Crippen LogP contribution in [0.15, 0.2) is 78.0 Å².